The van der Waals surface area contributed by atoms with Gasteiger partial charge in [-0.2, -0.15) is 0 Å². The number of aliphatic hydroxyl groups excluding tert-OH is 3. The first-order valence-electron chi connectivity index (χ1n) is 4.14. The van der Waals surface area contributed by atoms with Crippen LogP contribution in [-0.4, -0.2) is 113 Å². The van der Waals surface area contributed by atoms with Crippen LogP contribution in [0.25, 0.3) is 0 Å². The zero-order valence-electron chi connectivity index (χ0n) is 9.26. The number of phosphoric ester groups is 1. The van der Waals surface area contributed by atoms with E-state index in [-0.39, 0.29) is 59.8 Å². The van der Waals surface area contributed by atoms with Gasteiger partial charge in [-0.25, -0.2) is 0 Å². The molecule has 0 aliphatic carbocycles. The van der Waals surface area contributed by atoms with E-state index in [0.717, 1.165) is 0 Å². The van der Waals surface area contributed by atoms with Crippen LogP contribution in [0.1, 0.15) is 0 Å². The standard InChI is InChI=1S/C6H13O8P.Ba.2H2O/c7-1-3-5(8)6(9)4(14-3)2-13-15(10,11)12;;;/h3-9H,1-2H2,(H2,10,11,12);;2*1H2/q;+2;;/p-2. The molecule has 1 fully saturated rings. The van der Waals surface area contributed by atoms with Gasteiger partial charge in [-0.3, -0.25) is 0 Å². The molecule has 1 rings (SSSR count). The van der Waals surface area contributed by atoms with Crippen LogP contribution in [-0.2, 0) is 13.8 Å². The van der Waals surface area contributed by atoms with Gasteiger partial charge in [0.15, 0.2) is 0 Å². The van der Waals surface area contributed by atoms with E-state index >= 15 is 0 Å². The molecule has 7 N–H and O–H groups in total. The van der Waals surface area contributed by atoms with E-state index in [1.807, 2.05) is 0 Å². The zero-order valence-corrected chi connectivity index (χ0v) is 14.6. The minimum absolute atomic E-state index is 0. The van der Waals surface area contributed by atoms with Gasteiger partial charge >= 0.3 is 48.9 Å². The summed E-state index contributed by atoms with van der Waals surface area (Å²) in [5.41, 5.74) is 0. The average Bonchev–Trinajstić information content (AvgIpc) is 2.40. The summed E-state index contributed by atoms with van der Waals surface area (Å²) in [4.78, 5) is 20.3. The van der Waals surface area contributed by atoms with Gasteiger partial charge in [0, 0.05) is 0 Å². The summed E-state index contributed by atoms with van der Waals surface area (Å²) >= 11 is 0. The van der Waals surface area contributed by atoms with Crippen molar-refractivity contribution < 1.29 is 49.9 Å². The molecule has 0 aromatic carbocycles. The van der Waals surface area contributed by atoms with Gasteiger partial charge in [-0.05, 0) is 0 Å². The summed E-state index contributed by atoms with van der Waals surface area (Å²) < 4.78 is 18.9. The molecule has 1 aliphatic rings. The number of phosphoric acid groups is 1. The van der Waals surface area contributed by atoms with Crippen LogP contribution in [0.4, 0.5) is 0 Å². The zero-order chi connectivity index (χ0) is 11.6. The second-order valence-corrected chi connectivity index (χ2v) is 4.27. The van der Waals surface area contributed by atoms with E-state index in [4.69, 9.17) is 9.84 Å². The molecule has 1 aliphatic heterocycles. The second kappa shape index (κ2) is 10.2. The van der Waals surface area contributed by atoms with Crippen molar-refractivity contribution in [1.29, 1.82) is 0 Å². The summed E-state index contributed by atoms with van der Waals surface area (Å²) in [6.45, 7) is -1.21. The van der Waals surface area contributed by atoms with Crippen molar-refractivity contribution >= 4 is 56.7 Å². The predicted molar refractivity (Wildman–Crippen MR) is 54.3 cm³/mol. The molecule has 1 heterocycles. The maximum atomic E-state index is 10.1. The van der Waals surface area contributed by atoms with Gasteiger partial charge in [-0.15, -0.1) is 0 Å². The summed E-state index contributed by atoms with van der Waals surface area (Å²) in [6, 6.07) is 0. The van der Waals surface area contributed by atoms with Crippen molar-refractivity contribution in [3.05, 3.63) is 0 Å². The normalized spacial score (nSPS) is 30.9. The Balaban J connectivity index is -0.000000750. The number of rotatable bonds is 4. The summed E-state index contributed by atoms with van der Waals surface area (Å²) in [5, 5.41) is 27.2. The Hall–Kier alpha value is 1.44. The Bertz CT molecular complexity index is 259. The third kappa shape index (κ3) is 7.28. The van der Waals surface area contributed by atoms with Crippen LogP contribution in [0.2, 0.25) is 0 Å². The van der Waals surface area contributed by atoms with Crippen LogP contribution >= 0.6 is 7.82 Å². The summed E-state index contributed by atoms with van der Waals surface area (Å²) in [7, 11) is -5.13. The first-order valence-corrected chi connectivity index (χ1v) is 5.60. The van der Waals surface area contributed by atoms with Crippen LogP contribution in [0.3, 0.4) is 0 Å². The largest absolute Gasteiger partial charge is 2.00 e. The number of hydrogen-bond donors (Lipinski definition) is 3. The van der Waals surface area contributed by atoms with Crippen LogP contribution in [0.15, 0.2) is 0 Å². The Morgan fingerprint density at radius 3 is 1.94 bits per heavy atom. The first-order chi connectivity index (χ1) is 6.85. The van der Waals surface area contributed by atoms with E-state index in [9.17, 15) is 24.6 Å². The topological polar surface area (TPSA) is 205 Å². The van der Waals surface area contributed by atoms with Gasteiger partial charge in [-0.1, -0.05) is 0 Å². The van der Waals surface area contributed by atoms with E-state index in [2.05, 4.69) is 4.52 Å². The fourth-order valence-corrected chi connectivity index (χ4v) is 1.61. The van der Waals surface area contributed by atoms with Crippen molar-refractivity contribution in [3.63, 3.8) is 0 Å². The molecule has 0 aromatic rings. The molecular formula is C6H15BaO10P. The van der Waals surface area contributed by atoms with Gasteiger partial charge in [0.05, 0.1) is 21.0 Å². The Labute approximate surface area is 143 Å². The van der Waals surface area contributed by atoms with E-state index in [0.29, 0.717) is 0 Å². The van der Waals surface area contributed by atoms with Crippen LogP contribution in [0, 0.1) is 0 Å². The molecule has 0 amide bonds. The molecule has 12 heteroatoms. The molecular weight excluding hydrogens is 400 g/mol. The van der Waals surface area contributed by atoms with E-state index in [1.54, 1.807) is 0 Å². The molecule has 0 radical (unpaired) electrons. The quantitative estimate of drug-likeness (QED) is 0.297. The molecule has 1 saturated heterocycles. The first kappa shape index (κ1) is 24.5. The minimum Gasteiger partial charge on any atom is -0.790 e. The molecule has 18 heavy (non-hydrogen) atoms. The van der Waals surface area contributed by atoms with Gasteiger partial charge < -0.3 is 49.9 Å². The fraction of sp³-hybridized carbons (Fsp3) is 1.00. The smallest absolute Gasteiger partial charge is 0.790 e. The van der Waals surface area contributed by atoms with E-state index in [1.165, 1.54) is 0 Å². The van der Waals surface area contributed by atoms with Crippen molar-refractivity contribution in [3.8, 4) is 0 Å². The Kier molecular flexibility index (Phi) is 13.9. The SMILES string of the molecule is O.O.O=P([O-])([O-])OCC1OC(CO)C(O)C1O.[Ba+2]. The van der Waals surface area contributed by atoms with Gasteiger partial charge in [0.2, 0.25) is 0 Å². The third-order valence-corrected chi connectivity index (χ3v) is 2.50. The molecule has 4 unspecified atom stereocenters. The molecule has 0 bridgehead atoms. The molecule has 10 nitrogen and oxygen atoms in total. The van der Waals surface area contributed by atoms with Gasteiger partial charge in [0.25, 0.3) is 0 Å². The predicted octanol–water partition coefficient (Wildman–Crippen LogP) is -5.72. The van der Waals surface area contributed by atoms with Crippen molar-refractivity contribution in [1.82, 2.24) is 0 Å². The molecule has 0 spiro atoms. The fourth-order valence-electron chi connectivity index (χ4n) is 1.28. The molecule has 0 aromatic heterocycles. The van der Waals surface area contributed by atoms with Crippen LogP contribution < -0.4 is 9.79 Å². The van der Waals surface area contributed by atoms with Crippen molar-refractivity contribution in [2.45, 2.75) is 24.4 Å². The van der Waals surface area contributed by atoms with Crippen LogP contribution in [0.5, 0.6) is 0 Å². The summed E-state index contributed by atoms with van der Waals surface area (Å²) in [6.07, 6.45) is -4.88. The number of aliphatic hydroxyl groups is 3. The maximum absolute atomic E-state index is 10.1. The molecule has 106 valence electrons. The molecule has 4 atom stereocenters. The van der Waals surface area contributed by atoms with E-state index < -0.39 is 45.5 Å². The van der Waals surface area contributed by atoms with Gasteiger partial charge in [0.1, 0.15) is 24.4 Å². The maximum Gasteiger partial charge on any atom is 2.00 e. The van der Waals surface area contributed by atoms with Crippen molar-refractivity contribution in [2.75, 3.05) is 13.2 Å². The minimum atomic E-state index is -5.13. The van der Waals surface area contributed by atoms with Crippen molar-refractivity contribution in [2.24, 2.45) is 0 Å². The number of hydrogen-bond acceptors (Lipinski definition) is 8. The monoisotopic (exact) mass is 416 g/mol. The number of ether oxygens (including phenoxy) is 1. The molecule has 0 saturated carbocycles. The second-order valence-electron chi connectivity index (χ2n) is 3.12. The Morgan fingerprint density at radius 1 is 1.17 bits per heavy atom. The third-order valence-electron chi connectivity index (χ3n) is 2.04. The Morgan fingerprint density at radius 2 is 1.61 bits per heavy atom. The average molecular weight is 415 g/mol. The summed E-state index contributed by atoms with van der Waals surface area (Å²) in [5.74, 6) is 0.